The number of aromatic nitrogens is 2. The van der Waals surface area contributed by atoms with Gasteiger partial charge in [0.05, 0.1) is 12.8 Å². The summed E-state index contributed by atoms with van der Waals surface area (Å²) in [7, 11) is 0. The van der Waals surface area contributed by atoms with Crippen molar-refractivity contribution in [2.45, 2.75) is 13.1 Å². The highest BCUT2D eigenvalue weighted by Gasteiger charge is 2.30. The van der Waals surface area contributed by atoms with E-state index in [0.29, 0.717) is 0 Å². The molecule has 1 aromatic rings. The van der Waals surface area contributed by atoms with Crippen LogP contribution in [0.1, 0.15) is 17.4 Å². The Morgan fingerprint density at radius 1 is 1.56 bits per heavy atom. The monoisotopic (exact) mass is 238 g/mol. The molecule has 0 saturated heterocycles. The van der Waals surface area contributed by atoms with Gasteiger partial charge in [-0.3, -0.25) is 5.10 Å². The number of hydrogen-bond acceptors (Lipinski definition) is 4. The van der Waals surface area contributed by atoms with E-state index >= 15 is 0 Å². The third-order valence-corrected chi connectivity index (χ3v) is 1.47. The molecule has 0 aliphatic rings. The summed E-state index contributed by atoms with van der Waals surface area (Å²) < 4.78 is 44.5. The highest BCUT2D eigenvalue weighted by Crippen LogP contribution is 2.20. The Morgan fingerprint density at radius 3 is 2.81 bits per heavy atom. The van der Waals surface area contributed by atoms with Gasteiger partial charge in [0.25, 0.3) is 0 Å². The second-order valence-corrected chi connectivity index (χ2v) is 2.72. The molecule has 0 unspecified atom stereocenters. The first-order valence-corrected chi connectivity index (χ1v) is 4.34. The van der Waals surface area contributed by atoms with Gasteiger partial charge < -0.3 is 9.47 Å². The van der Waals surface area contributed by atoms with Gasteiger partial charge in [-0.15, -0.1) is 0 Å². The molecule has 0 aliphatic heterocycles. The molecule has 1 rings (SSSR count). The van der Waals surface area contributed by atoms with Crippen molar-refractivity contribution in [3.8, 4) is 5.75 Å². The summed E-state index contributed by atoms with van der Waals surface area (Å²) in [6.45, 7) is 0.185. The minimum atomic E-state index is -4.47. The Morgan fingerprint density at radius 2 is 2.25 bits per heavy atom. The average molecular weight is 238 g/mol. The zero-order valence-electron chi connectivity index (χ0n) is 8.30. The Bertz CT molecular complexity index is 362. The van der Waals surface area contributed by atoms with Crippen molar-refractivity contribution < 1.29 is 27.4 Å². The number of rotatable bonds is 4. The van der Waals surface area contributed by atoms with Crippen LogP contribution in [-0.4, -0.2) is 35.6 Å². The predicted octanol–water partition coefficient (Wildman–Crippen LogP) is 1.53. The lowest BCUT2D eigenvalue weighted by atomic mass is 10.4. The average Bonchev–Trinajstić information content (AvgIpc) is 2.61. The standard InChI is InChI=1S/C8H9F3N2O3/c1-2-15-7(14)6-5(3-12-13-6)16-4-8(9,10)11/h3H,2,4H2,1H3,(H,12,13). The topological polar surface area (TPSA) is 64.2 Å². The molecular formula is C8H9F3N2O3. The van der Waals surface area contributed by atoms with Gasteiger partial charge in [0.15, 0.2) is 12.4 Å². The van der Waals surface area contributed by atoms with Crippen LogP contribution in [0.5, 0.6) is 5.75 Å². The fraction of sp³-hybridized carbons (Fsp3) is 0.500. The van der Waals surface area contributed by atoms with Gasteiger partial charge in [0.2, 0.25) is 5.69 Å². The molecule has 1 N–H and O–H groups in total. The number of esters is 1. The molecule has 0 aromatic carbocycles. The molecule has 1 aromatic heterocycles. The van der Waals surface area contributed by atoms with Gasteiger partial charge in [-0.25, -0.2) is 4.79 Å². The van der Waals surface area contributed by atoms with Crippen LogP contribution in [0.4, 0.5) is 13.2 Å². The molecule has 8 heteroatoms. The van der Waals surface area contributed by atoms with Crippen molar-refractivity contribution in [1.82, 2.24) is 10.2 Å². The van der Waals surface area contributed by atoms with E-state index in [4.69, 9.17) is 0 Å². The second kappa shape index (κ2) is 4.86. The third kappa shape index (κ3) is 3.44. The number of ether oxygens (including phenoxy) is 2. The van der Waals surface area contributed by atoms with E-state index in [2.05, 4.69) is 19.7 Å². The molecular weight excluding hydrogens is 229 g/mol. The van der Waals surface area contributed by atoms with Crippen molar-refractivity contribution in [2.75, 3.05) is 13.2 Å². The van der Waals surface area contributed by atoms with Gasteiger partial charge in [-0.2, -0.15) is 18.3 Å². The smallest absolute Gasteiger partial charge is 0.422 e. The zero-order valence-corrected chi connectivity index (χ0v) is 8.30. The van der Waals surface area contributed by atoms with Crippen LogP contribution in [0.3, 0.4) is 0 Å². The highest BCUT2D eigenvalue weighted by molar-refractivity contribution is 5.90. The maximum atomic E-state index is 11.9. The van der Waals surface area contributed by atoms with E-state index in [1.165, 1.54) is 0 Å². The normalized spacial score (nSPS) is 11.2. The summed E-state index contributed by atoms with van der Waals surface area (Å²) in [5.41, 5.74) is -0.300. The zero-order chi connectivity index (χ0) is 12.2. The molecule has 0 saturated carbocycles. The third-order valence-electron chi connectivity index (χ3n) is 1.47. The van der Waals surface area contributed by atoms with Gasteiger partial charge in [0, 0.05) is 0 Å². The molecule has 1 heterocycles. The number of nitrogens with one attached hydrogen (secondary N) is 1. The number of nitrogens with zero attached hydrogens (tertiary/aromatic N) is 1. The Balaban J connectivity index is 2.67. The molecule has 16 heavy (non-hydrogen) atoms. The van der Waals surface area contributed by atoms with E-state index in [0.717, 1.165) is 6.20 Å². The largest absolute Gasteiger partial charge is 0.480 e. The number of aromatic amines is 1. The molecule has 90 valence electrons. The molecule has 0 aliphatic carbocycles. The first-order valence-electron chi connectivity index (χ1n) is 4.34. The number of hydrogen-bond donors (Lipinski definition) is 1. The quantitative estimate of drug-likeness (QED) is 0.808. The lowest BCUT2D eigenvalue weighted by molar-refractivity contribution is -0.153. The molecule has 0 atom stereocenters. The van der Waals surface area contributed by atoms with Crippen molar-refractivity contribution in [3.63, 3.8) is 0 Å². The fourth-order valence-corrected chi connectivity index (χ4v) is 0.894. The summed E-state index contributed by atoms with van der Waals surface area (Å²) in [5.74, 6) is -1.11. The van der Waals surface area contributed by atoms with Crippen molar-refractivity contribution in [3.05, 3.63) is 11.9 Å². The summed E-state index contributed by atoms with van der Waals surface area (Å²) in [6.07, 6.45) is -3.42. The number of halogens is 3. The van der Waals surface area contributed by atoms with Gasteiger partial charge in [-0.05, 0) is 6.92 Å². The van der Waals surface area contributed by atoms with E-state index < -0.39 is 18.8 Å². The second-order valence-electron chi connectivity index (χ2n) is 2.72. The molecule has 0 spiro atoms. The molecule has 0 fully saturated rings. The molecule has 5 nitrogen and oxygen atoms in total. The minimum absolute atomic E-state index is 0.102. The molecule has 0 bridgehead atoms. The highest BCUT2D eigenvalue weighted by atomic mass is 19.4. The molecule has 0 amide bonds. The number of carbonyl (C=O) groups is 1. The van der Waals surface area contributed by atoms with E-state index in [1.807, 2.05) is 0 Å². The summed E-state index contributed by atoms with van der Waals surface area (Å²) in [5, 5.41) is 5.67. The lowest BCUT2D eigenvalue weighted by Gasteiger charge is -2.08. The Kier molecular flexibility index (Phi) is 3.75. The first-order chi connectivity index (χ1) is 7.44. The van der Waals surface area contributed by atoms with E-state index in [-0.39, 0.29) is 18.1 Å². The van der Waals surface area contributed by atoms with Crippen LogP contribution in [0.2, 0.25) is 0 Å². The van der Waals surface area contributed by atoms with Crippen LogP contribution in [0, 0.1) is 0 Å². The number of H-pyrrole nitrogens is 1. The minimum Gasteiger partial charge on any atom is -0.480 e. The summed E-state index contributed by atoms with van der Waals surface area (Å²) >= 11 is 0. The summed E-state index contributed by atoms with van der Waals surface area (Å²) in [4.78, 5) is 11.2. The predicted molar refractivity (Wildman–Crippen MR) is 46.1 cm³/mol. The van der Waals surface area contributed by atoms with Crippen molar-refractivity contribution >= 4 is 5.97 Å². The van der Waals surface area contributed by atoms with Crippen LogP contribution in [0.25, 0.3) is 0 Å². The SMILES string of the molecule is CCOC(=O)c1n[nH]cc1OCC(F)(F)F. The van der Waals surface area contributed by atoms with Crippen LogP contribution in [-0.2, 0) is 4.74 Å². The van der Waals surface area contributed by atoms with E-state index in [1.54, 1.807) is 6.92 Å². The maximum Gasteiger partial charge on any atom is 0.422 e. The van der Waals surface area contributed by atoms with Gasteiger partial charge >= 0.3 is 12.1 Å². The first kappa shape index (κ1) is 12.3. The van der Waals surface area contributed by atoms with Gasteiger partial charge in [-0.1, -0.05) is 0 Å². The lowest BCUT2D eigenvalue weighted by Crippen LogP contribution is -2.20. The van der Waals surface area contributed by atoms with Crippen molar-refractivity contribution in [2.24, 2.45) is 0 Å². The van der Waals surface area contributed by atoms with Crippen molar-refractivity contribution in [1.29, 1.82) is 0 Å². The number of alkyl halides is 3. The maximum absolute atomic E-state index is 11.9. The van der Waals surface area contributed by atoms with Crippen LogP contribution in [0.15, 0.2) is 6.20 Å². The fourth-order valence-electron chi connectivity index (χ4n) is 0.894. The Labute approximate surface area is 88.5 Å². The van der Waals surface area contributed by atoms with E-state index in [9.17, 15) is 18.0 Å². The molecule has 0 radical (unpaired) electrons. The summed E-state index contributed by atoms with van der Waals surface area (Å²) in [6, 6.07) is 0. The Hall–Kier alpha value is -1.73. The number of carbonyl (C=O) groups excluding carboxylic acids is 1. The van der Waals surface area contributed by atoms with Crippen LogP contribution >= 0.6 is 0 Å². The van der Waals surface area contributed by atoms with Crippen LogP contribution < -0.4 is 4.74 Å². The van der Waals surface area contributed by atoms with Gasteiger partial charge in [0.1, 0.15) is 0 Å².